The van der Waals surface area contributed by atoms with Crippen molar-refractivity contribution in [2.75, 3.05) is 13.1 Å². The second-order valence-corrected chi connectivity index (χ2v) is 3.31. The highest BCUT2D eigenvalue weighted by atomic mass is 35.5. The first-order valence-electron chi connectivity index (χ1n) is 3.73. The van der Waals surface area contributed by atoms with Crippen LogP contribution < -0.4 is 5.32 Å². The maximum absolute atomic E-state index is 12.3. The minimum absolute atomic E-state index is 0. The highest BCUT2D eigenvalue weighted by Crippen LogP contribution is 2.44. The highest BCUT2D eigenvalue weighted by molar-refractivity contribution is 5.85. The van der Waals surface area contributed by atoms with Crippen molar-refractivity contribution in [2.45, 2.75) is 25.9 Å². The van der Waals surface area contributed by atoms with Crippen LogP contribution in [0, 0.1) is 5.41 Å². The van der Waals surface area contributed by atoms with Crippen molar-refractivity contribution in [1.82, 2.24) is 5.32 Å². The van der Waals surface area contributed by atoms with Gasteiger partial charge in [0.1, 0.15) is 0 Å². The Morgan fingerprint density at radius 3 is 1.83 bits per heavy atom. The summed E-state index contributed by atoms with van der Waals surface area (Å²) in [6.45, 7) is 2.26. The van der Waals surface area contributed by atoms with Gasteiger partial charge in [-0.15, -0.1) is 12.4 Å². The van der Waals surface area contributed by atoms with Gasteiger partial charge in [0.15, 0.2) is 0 Å². The molecule has 0 aromatic rings. The molecule has 1 aliphatic rings. The zero-order chi connectivity index (χ0) is 8.54. The van der Waals surface area contributed by atoms with Gasteiger partial charge in [0, 0.05) is 0 Å². The molecule has 0 atom stereocenters. The Labute approximate surface area is 76.1 Å². The number of nitrogens with one attached hydrogen (secondary N) is 1. The largest absolute Gasteiger partial charge is 0.394 e. The molecule has 0 unspecified atom stereocenters. The first-order valence-corrected chi connectivity index (χ1v) is 3.73. The molecule has 1 rings (SSSR count). The van der Waals surface area contributed by atoms with E-state index in [0.29, 0.717) is 13.1 Å². The fourth-order valence-electron chi connectivity index (χ4n) is 1.26. The molecule has 0 amide bonds. The molecule has 0 bridgehead atoms. The third kappa shape index (κ3) is 2.26. The van der Waals surface area contributed by atoms with Crippen LogP contribution in [0.4, 0.5) is 13.2 Å². The zero-order valence-electron chi connectivity index (χ0n) is 6.87. The molecule has 0 aromatic heterocycles. The smallest absolute Gasteiger partial charge is 0.317 e. The summed E-state index contributed by atoms with van der Waals surface area (Å²) >= 11 is 0. The van der Waals surface area contributed by atoms with Gasteiger partial charge in [-0.25, -0.2) is 0 Å². The minimum Gasteiger partial charge on any atom is -0.317 e. The van der Waals surface area contributed by atoms with E-state index < -0.39 is 11.6 Å². The predicted octanol–water partition coefficient (Wildman–Crippen LogP) is 2.36. The van der Waals surface area contributed by atoms with Gasteiger partial charge in [0.25, 0.3) is 0 Å². The van der Waals surface area contributed by atoms with Crippen LogP contribution in [0.1, 0.15) is 19.8 Å². The van der Waals surface area contributed by atoms with Gasteiger partial charge in [0.05, 0.1) is 5.41 Å². The van der Waals surface area contributed by atoms with Crippen molar-refractivity contribution in [3.05, 3.63) is 0 Å². The summed E-state index contributed by atoms with van der Waals surface area (Å²) in [6.07, 6.45) is -3.62. The fourth-order valence-corrected chi connectivity index (χ4v) is 1.26. The number of piperidine rings is 1. The molecule has 1 heterocycles. The Bertz CT molecular complexity index is 140. The monoisotopic (exact) mass is 203 g/mol. The summed E-state index contributed by atoms with van der Waals surface area (Å²) in [7, 11) is 0. The number of halogens is 4. The fraction of sp³-hybridized carbons (Fsp3) is 1.00. The average Bonchev–Trinajstić information content (AvgIpc) is 1.87. The second-order valence-electron chi connectivity index (χ2n) is 3.31. The van der Waals surface area contributed by atoms with Crippen LogP contribution >= 0.6 is 12.4 Å². The van der Waals surface area contributed by atoms with Crippen LogP contribution in [0.25, 0.3) is 0 Å². The second kappa shape index (κ2) is 3.83. The minimum atomic E-state index is -4.03. The molecule has 1 N–H and O–H groups in total. The van der Waals surface area contributed by atoms with E-state index in [1.54, 1.807) is 0 Å². The van der Waals surface area contributed by atoms with Gasteiger partial charge in [-0.1, -0.05) is 6.92 Å². The van der Waals surface area contributed by atoms with Crippen molar-refractivity contribution < 1.29 is 13.2 Å². The molecule has 0 saturated carbocycles. The lowest BCUT2D eigenvalue weighted by Gasteiger charge is -2.35. The maximum atomic E-state index is 12.3. The maximum Gasteiger partial charge on any atom is 0.394 e. The molecule has 1 aliphatic heterocycles. The Morgan fingerprint density at radius 2 is 1.58 bits per heavy atom. The van der Waals surface area contributed by atoms with E-state index in [1.165, 1.54) is 6.92 Å². The van der Waals surface area contributed by atoms with E-state index in [0.717, 1.165) is 0 Å². The number of rotatable bonds is 0. The topological polar surface area (TPSA) is 12.0 Å². The van der Waals surface area contributed by atoms with Gasteiger partial charge >= 0.3 is 6.18 Å². The molecule has 0 spiro atoms. The molecular formula is C7H13ClF3N. The van der Waals surface area contributed by atoms with E-state index >= 15 is 0 Å². The summed E-state index contributed by atoms with van der Waals surface area (Å²) in [5.74, 6) is 0. The Hall–Kier alpha value is 0.0400. The van der Waals surface area contributed by atoms with Crippen molar-refractivity contribution in [3.8, 4) is 0 Å². The normalized spacial score (nSPS) is 23.0. The van der Waals surface area contributed by atoms with Gasteiger partial charge in [-0.2, -0.15) is 13.2 Å². The van der Waals surface area contributed by atoms with Crippen molar-refractivity contribution in [3.63, 3.8) is 0 Å². The lowest BCUT2D eigenvalue weighted by atomic mass is 9.80. The number of hydrogen-bond acceptors (Lipinski definition) is 1. The molecule has 0 aromatic carbocycles. The summed E-state index contributed by atoms with van der Waals surface area (Å²) < 4.78 is 36.9. The SMILES string of the molecule is CC1(C(F)(F)F)CCNCC1.Cl. The van der Waals surface area contributed by atoms with Crippen molar-refractivity contribution >= 4 is 12.4 Å². The zero-order valence-corrected chi connectivity index (χ0v) is 7.69. The molecule has 1 fully saturated rings. The third-order valence-corrected chi connectivity index (χ3v) is 2.39. The summed E-state index contributed by atoms with van der Waals surface area (Å²) in [5.41, 5.74) is -1.45. The van der Waals surface area contributed by atoms with E-state index in [9.17, 15) is 13.2 Å². The van der Waals surface area contributed by atoms with Gasteiger partial charge < -0.3 is 5.32 Å². The summed E-state index contributed by atoms with van der Waals surface area (Å²) in [6, 6.07) is 0. The predicted molar refractivity (Wildman–Crippen MR) is 43.5 cm³/mol. The standard InChI is InChI=1S/C7H12F3N.ClH/c1-6(7(8,9)10)2-4-11-5-3-6;/h11H,2-5H2,1H3;1H. The Kier molecular flexibility index (Phi) is 3.85. The Balaban J connectivity index is 0.00000121. The van der Waals surface area contributed by atoms with Gasteiger partial charge in [-0.3, -0.25) is 0 Å². The van der Waals surface area contributed by atoms with Crippen LogP contribution in [0.15, 0.2) is 0 Å². The van der Waals surface area contributed by atoms with Gasteiger partial charge in [-0.05, 0) is 25.9 Å². The number of alkyl halides is 3. The summed E-state index contributed by atoms with van der Waals surface area (Å²) in [4.78, 5) is 0. The molecule has 12 heavy (non-hydrogen) atoms. The van der Waals surface area contributed by atoms with E-state index in [2.05, 4.69) is 5.32 Å². The van der Waals surface area contributed by atoms with E-state index in [1.807, 2.05) is 0 Å². The van der Waals surface area contributed by atoms with E-state index in [-0.39, 0.29) is 25.2 Å². The lowest BCUT2D eigenvalue weighted by molar-refractivity contribution is -0.225. The first-order chi connectivity index (χ1) is 4.96. The van der Waals surface area contributed by atoms with Crippen molar-refractivity contribution in [1.29, 1.82) is 0 Å². The van der Waals surface area contributed by atoms with Crippen molar-refractivity contribution in [2.24, 2.45) is 5.41 Å². The molecule has 0 aliphatic carbocycles. The average molecular weight is 204 g/mol. The van der Waals surface area contributed by atoms with Crippen LogP contribution in [0.3, 0.4) is 0 Å². The third-order valence-electron chi connectivity index (χ3n) is 2.39. The molecule has 1 nitrogen and oxygen atoms in total. The van der Waals surface area contributed by atoms with Crippen LogP contribution in [0.2, 0.25) is 0 Å². The van der Waals surface area contributed by atoms with E-state index in [4.69, 9.17) is 0 Å². The highest BCUT2D eigenvalue weighted by Gasteiger charge is 2.50. The summed E-state index contributed by atoms with van der Waals surface area (Å²) in [5, 5.41) is 2.91. The molecule has 74 valence electrons. The van der Waals surface area contributed by atoms with Crippen LogP contribution in [-0.4, -0.2) is 19.3 Å². The lowest BCUT2D eigenvalue weighted by Crippen LogP contribution is -2.44. The molecule has 1 saturated heterocycles. The van der Waals surface area contributed by atoms with Crippen LogP contribution in [-0.2, 0) is 0 Å². The molecule has 0 radical (unpaired) electrons. The molecule has 5 heteroatoms. The number of hydrogen-bond donors (Lipinski definition) is 1. The quantitative estimate of drug-likeness (QED) is 0.638. The molecular weight excluding hydrogens is 191 g/mol. The van der Waals surface area contributed by atoms with Crippen LogP contribution in [0.5, 0.6) is 0 Å². The first kappa shape index (κ1) is 12.0. The Morgan fingerprint density at radius 1 is 1.17 bits per heavy atom. The van der Waals surface area contributed by atoms with Gasteiger partial charge in [0.2, 0.25) is 0 Å².